The van der Waals surface area contributed by atoms with Gasteiger partial charge >= 0.3 is 0 Å². The summed E-state index contributed by atoms with van der Waals surface area (Å²) in [5, 5.41) is 6.22. The fourth-order valence-electron chi connectivity index (χ4n) is 2.39. The number of hydrogen-bond acceptors (Lipinski definition) is 2. The van der Waals surface area contributed by atoms with Crippen molar-refractivity contribution in [3.8, 4) is 0 Å². The molecule has 0 aliphatic rings. The number of carbonyl (C=O) groups excluding carboxylic acids is 2. The van der Waals surface area contributed by atoms with E-state index in [9.17, 15) is 9.59 Å². The monoisotopic (exact) mass is 330 g/mol. The molecule has 0 bridgehead atoms. The summed E-state index contributed by atoms with van der Waals surface area (Å²) >= 11 is 6.00. The van der Waals surface area contributed by atoms with Crippen molar-refractivity contribution in [2.75, 3.05) is 10.6 Å². The minimum atomic E-state index is -0.132. The van der Waals surface area contributed by atoms with E-state index in [1.54, 1.807) is 6.07 Å². The number of carbonyl (C=O) groups is 2. The summed E-state index contributed by atoms with van der Waals surface area (Å²) in [6.07, 6.45) is 1.47. The number of anilines is 2. The van der Waals surface area contributed by atoms with Crippen molar-refractivity contribution in [3.05, 3.63) is 58.6 Å². The zero-order valence-corrected chi connectivity index (χ0v) is 13.9. The van der Waals surface area contributed by atoms with E-state index in [1.165, 1.54) is 13.8 Å². The highest BCUT2D eigenvalue weighted by Gasteiger charge is 2.08. The molecule has 2 aromatic carbocycles. The first kappa shape index (κ1) is 17.0. The molecule has 0 saturated heterocycles. The van der Waals surface area contributed by atoms with Crippen molar-refractivity contribution >= 4 is 34.8 Å². The normalized spacial score (nSPS) is 10.2. The van der Waals surface area contributed by atoms with E-state index in [0.29, 0.717) is 5.02 Å². The number of para-hydroxylation sites is 1. The number of halogens is 1. The van der Waals surface area contributed by atoms with Gasteiger partial charge in [0.2, 0.25) is 11.8 Å². The van der Waals surface area contributed by atoms with Gasteiger partial charge in [0.15, 0.2) is 0 Å². The van der Waals surface area contributed by atoms with Crippen LogP contribution in [-0.4, -0.2) is 11.8 Å². The molecular weight excluding hydrogens is 312 g/mol. The maximum Gasteiger partial charge on any atom is 0.221 e. The second-order valence-corrected chi connectivity index (χ2v) is 5.76. The zero-order chi connectivity index (χ0) is 16.8. The molecule has 0 atom stereocenters. The standard InChI is InChI=1S/C18H19ClN2O2/c1-12(22)20-17-6-4-3-5-14(17)7-8-15-9-10-16(19)11-18(15)21-13(2)23/h3-6,9-11H,7-8H2,1-2H3,(H,20,22)(H,21,23). The van der Waals surface area contributed by atoms with Crippen LogP contribution in [0.3, 0.4) is 0 Å². The van der Waals surface area contributed by atoms with Gasteiger partial charge in [0.1, 0.15) is 0 Å². The van der Waals surface area contributed by atoms with Gasteiger partial charge in [-0.05, 0) is 42.2 Å². The first-order chi connectivity index (χ1) is 11.0. The molecule has 4 nitrogen and oxygen atoms in total. The van der Waals surface area contributed by atoms with E-state index in [2.05, 4.69) is 10.6 Å². The van der Waals surface area contributed by atoms with Gasteiger partial charge in [-0.15, -0.1) is 0 Å². The van der Waals surface area contributed by atoms with Crippen LogP contribution in [0.1, 0.15) is 25.0 Å². The molecule has 0 spiro atoms. The molecule has 0 aliphatic carbocycles. The van der Waals surface area contributed by atoms with Crippen molar-refractivity contribution < 1.29 is 9.59 Å². The number of aryl methyl sites for hydroxylation is 2. The van der Waals surface area contributed by atoms with Gasteiger partial charge < -0.3 is 10.6 Å². The minimum Gasteiger partial charge on any atom is -0.326 e. The summed E-state index contributed by atoms with van der Waals surface area (Å²) < 4.78 is 0. The lowest BCUT2D eigenvalue weighted by molar-refractivity contribution is -0.115. The van der Waals surface area contributed by atoms with E-state index in [0.717, 1.165) is 35.3 Å². The highest BCUT2D eigenvalue weighted by molar-refractivity contribution is 6.31. The summed E-state index contributed by atoms with van der Waals surface area (Å²) in [6.45, 7) is 2.96. The third kappa shape index (κ3) is 5.11. The summed E-state index contributed by atoms with van der Waals surface area (Å²) in [7, 11) is 0. The molecule has 0 unspecified atom stereocenters. The van der Waals surface area contributed by atoms with E-state index >= 15 is 0 Å². The summed E-state index contributed by atoms with van der Waals surface area (Å²) in [4.78, 5) is 22.6. The molecule has 0 radical (unpaired) electrons. The second kappa shape index (κ2) is 7.79. The Kier molecular flexibility index (Phi) is 5.77. The third-order valence-electron chi connectivity index (χ3n) is 3.37. The Balaban J connectivity index is 2.18. The van der Waals surface area contributed by atoms with Crippen LogP contribution in [0.25, 0.3) is 0 Å². The van der Waals surface area contributed by atoms with Crippen molar-refractivity contribution in [1.82, 2.24) is 0 Å². The van der Waals surface area contributed by atoms with Crippen LogP contribution in [0.5, 0.6) is 0 Å². The van der Waals surface area contributed by atoms with Crippen LogP contribution < -0.4 is 10.6 Å². The van der Waals surface area contributed by atoms with Crippen molar-refractivity contribution in [2.45, 2.75) is 26.7 Å². The van der Waals surface area contributed by atoms with Gasteiger partial charge in [0.25, 0.3) is 0 Å². The predicted octanol–water partition coefficient (Wildman–Crippen LogP) is 4.04. The Labute approximate surface area is 140 Å². The summed E-state index contributed by atoms with van der Waals surface area (Å²) in [6, 6.07) is 13.2. The van der Waals surface area contributed by atoms with Gasteiger partial charge in [0, 0.05) is 30.2 Å². The number of benzene rings is 2. The fraction of sp³-hybridized carbons (Fsp3) is 0.222. The molecule has 0 saturated carbocycles. The molecule has 0 aromatic heterocycles. The average Bonchev–Trinajstić information content (AvgIpc) is 2.46. The average molecular weight is 331 g/mol. The first-order valence-electron chi connectivity index (χ1n) is 7.37. The largest absolute Gasteiger partial charge is 0.326 e. The molecule has 0 fully saturated rings. The molecule has 2 rings (SSSR count). The maximum atomic E-state index is 11.3. The Bertz CT molecular complexity index is 729. The third-order valence-corrected chi connectivity index (χ3v) is 3.61. The van der Waals surface area contributed by atoms with Crippen LogP contribution >= 0.6 is 11.6 Å². The first-order valence-corrected chi connectivity index (χ1v) is 7.75. The molecule has 5 heteroatoms. The van der Waals surface area contributed by atoms with Gasteiger partial charge in [0.05, 0.1) is 0 Å². The summed E-state index contributed by atoms with van der Waals surface area (Å²) in [5.74, 6) is -0.227. The highest BCUT2D eigenvalue weighted by atomic mass is 35.5. The van der Waals surface area contributed by atoms with Gasteiger partial charge in [-0.25, -0.2) is 0 Å². The van der Waals surface area contributed by atoms with Crippen LogP contribution in [0, 0.1) is 0 Å². The van der Waals surface area contributed by atoms with Crippen LogP contribution in [0.2, 0.25) is 5.02 Å². The van der Waals surface area contributed by atoms with Crippen LogP contribution in [-0.2, 0) is 22.4 Å². The van der Waals surface area contributed by atoms with E-state index < -0.39 is 0 Å². The Morgan fingerprint density at radius 1 is 0.870 bits per heavy atom. The predicted molar refractivity (Wildman–Crippen MR) is 93.9 cm³/mol. The van der Waals surface area contributed by atoms with Crippen molar-refractivity contribution in [3.63, 3.8) is 0 Å². The molecule has 2 N–H and O–H groups in total. The maximum absolute atomic E-state index is 11.3. The highest BCUT2D eigenvalue weighted by Crippen LogP contribution is 2.24. The molecule has 23 heavy (non-hydrogen) atoms. The molecule has 120 valence electrons. The van der Waals surface area contributed by atoms with E-state index in [4.69, 9.17) is 11.6 Å². The lowest BCUT2D eigenvalue weighted by Gasteiger charge is -2.13. The number of rotatable bonds is 5. The number of hydrogen-bond donors (Lipinski definition) is 2. The quantitative estimate of drug-likeness (QED) is 0.869. The second-order valence-electron chi connectivity index (χ2n) is 5.32. The van der Waals surface area contributed by atoms with Crippen LogP contribution in [0.15, 0.2) is 42.5 Å². The van der Waals surface area contributed by atoms with Crippen molar-refractivity contribution in [2.24, 2.45) is 0 Å². The summed E-state index contributed by atoms with van der Waals surface area (Å²) in [5.41, 5.74) is 3.59. The topological polar surface area (TPSA) is 58.2 Å². The van der Waals surface area contributed by atoms with Gasteiger partial charge in [-0.2, -0.15) is 0 Å². The Morgan fingerprint density at radius 3 is 2.09 bits per heavy atom. The van der Waals surface area contributed by atoms with Gasteiger partial charge in [-0.3, -0.25) is 9.59 Å². The van der Waals surface area contributed by atoms with Crippen molar-refractivity contribution in [1.29, 1.82) is 0 Å². The molecule has 0 aliphatic heterocycles. The van der Waals surface area contributed by atoms with Gasteiger partial charge in [-0.1, -0.05) is 35.9 Å². The SMILES string of the molecule is CC(=O)Nc1ccccc1CCc1ccc(Cl)cc1NC(C)=O. The zero-order valence-electron chi connectivity index (χ0n) is 13.2. The molecular formula is C18H19ClN2O2. The Morgan fingerprint density at radius 2 is 1.43 bits per heavy atom. The molecule has 2 amide bonds. The fourth-order valence-corrected chi connectivity index (χ4v) is 2.56. The van der Waals surface area contributed by atoms with E-state index in [1.807, 2.05) is 36.4 Å². The lowest BCUT2D eigenvalue weighted by Crippen LogP contribution is -2.10. The Hall–Kier alpha value is -2.33. The van der Waals surface area contributed by atoms with Crippen LogP contribution in [0.4, 0.5) is 11.4 Å². The lowest BCUT2D eigenvalue weighted by atomic mass is 10.0. The minimum absolute atomic E-state index is 0.0946. The molecule has 2 aromatic rings. The van der Waals surface area contributed by atoms with E-state index in [-0.39, 0.29) is 11.8 Å². The molecule has 0 heterocycles. The number of nitrogens with one attached hydrogen (secondary N) is 2. The smallest absolute Gasteiger partial charge is 0.221 e. The number of amides is 2.